The first-order valence-electron chi connectivity index (χ1n) is 34.7. The van der Waals surface area contributed by atoms with Gasteiger partial charge < -0.3 is 14.2 Å². The van der Waals surface area contributed by atoms with Gasteiger partial charge in [0.05, 0.1) is 0 Å². The fourth-order valence-electron chi connectivity index (χ4n) is 9.89. The molecule has 1 unspecified atom stereocenters. The summed E-state index contributed by atoms with van der Waals surface area (Å²) >= 11 is 0. The van der Waals surface area contributed by atoms with Crippen molar-refractivity contribution in [1.82, 2.24) is 0 Å². The van der Waals surface area contributed by atoms with Crippen molar-refractivity contribution >= 4 is 17.9 Å². The van der Waals surface area contributed by atoms with Gasteiger partial charge in [-0.1, -0.05) is 317 Å². The molecule has 0 aliphatic rings. The number of hydrogen-bond donors (Lipinski definition) is 0. The zero-order chi connectivity index (χ0) is 58.5. The van der Waals surface area contributed by atoms with Crippen LogP contribution in [-0.4, -0.2) is 37.2 Å². The van der Waals surface area contributed by atoms with Crippen LogP contribution < -0.4 is 0 Å². The standard InChI is InChI=1S/C75H130O6/c1-4-7-10-13-16-18-20-22-24-26-28-30-32-34-35-36-37-38-39-41-42-44-46-48-50-52-54-56-59-62-65-68-74(77)80-71-72(70-79-73(76)67-64-61-58-15-12-9-6-3)81-75(78)69-66-63-60-57-55-53-51-49-47-45-43-40-33-31-29-27-25-23-21-19-17-14-11-8-5-2/h7,10,16,18,21-24,27-30,34-35,37-38,72H,4-6,8-9,11-15,17,19-20,25-26,31-33,36,39-71H2,1-3H3/b10-7-,18-16-,23-21-,24-22-,29-27-,30-28-,35-34-,38-37-. The molecule has 0 saturated heterocycles. The van der Waals surface area contributed by atoms with Crippen LogP contribution in [0.5, 0.6) is 0 Å². The average molecular weight is 1130 g/mol. The Morgan fingerprint density at radius 2 is 0.481 bits per heavy atom. The molecule has 0 aromatic rings. The van der Waals surface area contributed by atoms with E-state index in [0.29, 0.717) is 19.3 Å². The molecule has 0 N–H and O–H groups in total. The van der Waals surface area contributed by atoms with E-state index in [1.165, 1.54) is 199 Å². The molecule has 0 amide bonds. The van der Waals surface area contributed by atoms with Crippen molar-refractivity contribution in [3.05, 3.63) is 97.2 Å². The minimum Gasteiger partial charge on any atom is -0.462 e. The van der Waals surface area contributed by atoms with Gasteiger partial charge in [0.1, 0.15) is 13.2 Å². The van der Waals surface area contributed by atoms with Crippen LogP contribution in [0.2, 0.25) is 0 Å². The summed E-state index contributed by atoms with van der Waals surface area (Å²) in [5.74, 6) is -0.871. The van der Waals surface area contributed by atoms with Gasteiger partial charge in [-0.3, -0.25) is 14.4 Å². The smallest absolute Gasteiger partial charge is 0.306 e. The maximum absolute atomic E-state index is 12.9. The highest BCUT2D eigenvalue weighted by Crippen LogP contribution is 2.17. The van der Waals surface area contributed by atoms with Crippen molar-refractivity contribution in [1.29, 1.82) is 0 Å². The molecule has 0 aromatic carbocycles. The highest BCUT2D eigenvalue weighted by molar-refractivity contribution is 5.71. The number of unbranched alkanes of at least 4 members (excludes halogenated alkanes) is 36. The SMILES string of the molecule is CC/C=C\C/C=C\C/C=C\C/C=C\C/C=C\C/C=C\CCCCCCCCCCCCCCC(=O)OCC(COC(=O)CCCCCCCCC)OC(=O)CCCCCCCCCCCCCCC/C=C\C/C=C\CCCCCCC. The first-order chi connectivity index (χ1) is 40.0. The van der Waals surface area contributed by atoms with Crippen LogP contribution in [0, 0.1) is 0 Å². The fraction of sp³-hybridized carbons (Fsp3) is 0.747. The molecule has 0 heterocycles. The monoisotopic (exact) mass is 1130 g/mol. The number of carbonyl (C=O) groups excluding carboxylic acids is 3. The first-order valence-corrected chi connectivity index (χ1v) is 34.7. The van der Waals surface area contributed by atoms with E-state index in [2.05, 4.69) is 118 Å². The largest absolute Gasteiger partial charge is 0.462 e. The maximum Gasteiger partial charge on any atom is 0.306 e. The summed E-state index contributed by atoms with van der Waals surface area (Å²) in [5, 5.41) is 0. The van der Waals surface area contributed by atoms with E-state index in [9.17, 15) is 14.4 Å². The number of allylic oxidation sites excluding steroid dienone is 16. The molecular formula is C75H130O6. The van der Waals surface area contributed by atoms with E-state index in [-0.39, 0.29) is 31.1 Å². The van der Waals surface area contributed by atoms with Crippen LogP contribution in [0.4, 0.5) is 0 Å². The van der Waals surface area contributed by atoms with Crippen LogP contribution >= 0.6 is 0 Å². The molecule has 0 aromatic heterocycles. The Kier molecular flexibility index (Phi) is 65.7. The Hall–Kier alpha value is -3.67. The summed E-state index contributed by atoms with van der Waals surface area (Å²) in [4.78, 5) is 38.2. The van der Waals surface area contributed by atoms with Crippen molar-refractivity contribution in [3.63, 3.8) is 0 Å². The second kappa shape index (κ2) is 68.8. The van der Waals surface area contributed by atoms with Gasteiger partial charge in [-0.05, 0) is 103 Å². The molecule has 0 fully saturated rings. The van der Waals surface area contributed by atoms with E-state index in [1.54, 1.807) is 0 Å². The van der Waals surface area contributed by atoms with Crippen molar-refractivity contribution in [2.45, 2.75) is 348 Å². The van der Waals surface area contributed by atoms with Crippen LogP contribution in [0.25, 0.3) is 0 Å². The van der Waals surface area contributed by atoms with Crippen LogP contribution in [0.3, 0.4) is 0 Å². The van der Waals surface area contributed by atoms with E-state index >= 15 is 0 Å². The zero-order valence-corrected chi connectivity index (χ0v) is 53.5. The minimum atomic E-state index is -0.776. The molecule has 0 saturated carbocycles. The lowest BCUT2D eigenvalue weighted by molar-refractivity contribution is -0.167. The van der Waals surface area contributed by atoms with Crippen LogP contribution in [-0.2, 0) is 28.6 Å². The molecule has 466 valence electrons. The molecule has 0 radical (unpaired) electrons. The van der Waals surface area contributed by atoms with E-state index in [1.807, 2.05) is 0 Å². The van der Waals surface area contributed by atoms with Crippen LogP contribution in [0.15, 0.2) is 97.2 Å². The van der Waals surface area contributed by atoms with Gasteiger partial charge in [-0.25, -0.2) is 0 Å². The lowest BCUT2D eigenvalue weighted by Crippen LogP contribution is -2.30. The Balaban J connectivity index is 4.08. The second-order valence-electron chi connectivity index (χ2n) is 23.1. The number of hydrogen-bond acceptors (Lipinski definition) is 6. The van der Waals surface area contributed by atoms with E-state index < -0.39 is 6.10 Å². The highest BCUT2D eigenvalue weighted by Gasteiger charge is 2.19. The topological polar surface area (TPSA) is 78.9 Å². The number of rotatable bonds is 63. The molecule has 0 bridgehead atoms. The lowest BCUT2D eigenvalue weighted by atomic mass is 10.0. The molecule has 81 heavy (non-hydrogen) atoms. The third kappa shape index (κ3) is 67.0. The summed E-state index contributed by atoms with van der Waals surface area (Å²) in [6.07, 6.45) is 93.1. The van der Waals surface area contributed by atoms with Crippen molar-refractivity contribution in [2.24, 2.45) is 0 Å². The molecule has 0 aliphatic carbocycles. The lowest BCUT2D eigenvalue weighted by Gasteiger charge is -2.18. The Bertz CT molecular complexity index is 1580. The first kappa shape index (κ1) is 77.3. The Labute approximate surface area is 502 Å². The molecule has 1 atom stereocenters. The van der Waals surface area contributed by atoms with Gasteiger partial charge in [0.25, 0.3) is 0 Å². The summed E-state index contributed by atoms with van der Waals surface area (Å²) in [5.41, 5.74) is 0. The molecule has 6 nitrogen and oxygen atoms in total. The maximum atomic E-state index is 12.9. The van der Waals surface area contributed by atoms with Gasteiger partial charge in [0, 0.05) is 19.3 Å². The van der Waals surface area contributed by atoms with Gasteiger partial charge in [-0.15, -0.1) is 0 Å². The second-order valence-corrected chi connectivity index (χ2v) is 23.1. The summed E-state index contributed by atoms with van der Waals surface area (Å²) in [6.45, 7) is 6.51. The zero-order valence-electron chi connectivity index (χ0n) is 53.5. The van der Waals surface area contributed by atoms with Crippen molar-refractivity contribution in [2.75, 3.05) is 13.2 Å². The third-order valence-corrected chi connectivity index (χ3v) is 15.1. The van der Waals surface area contributed by atoms with Crippen LogP contribution in [0.1, 0.15) is 342 Å². The van der Waals surface area contributed by atoms with Gasteiger partial charge in [-0.2, -0.15) is 0 Å². The summed E-state index contributed by atoms with van der Waals surface area (Å²) in [6, 6.07) is 0. The fourth-order valence-corrected chi connectivity index (χ4v) is 9.89. The van der Waals surface area contributed by atoms with Gasteiger partial charge in [0.15, 0.2) is 6.10 Å². The van der Waals surface area contributed by atoms with E-state index in [4.69, 9.17) is 14.2 Å². The Morgan fingerprint density at radius 3 is 0.753 bits per heavy atom. The number of ether oxygens (including phenoxy) is 3. The molecule has 0 rings (SSSR count). The molecule has 0 spiro atoms. The van der Waals surface area contributed by atoms with Gasteiger partial charge >= 0.3 is 17.9 Å². The van der Waals surface area contributed by atoms with Crippen molar-refractivity contribution < 1.29 is 28.6 Å². The van der Waals surface area contributed by atoms with Crippen molar-refractivity contribution in [3.8, 4) is 0 Å². The third-order valence-electron chi connectivity index (χ3n) is 15.1. The summed E-state index contributed by atoms with van der Waals surface area (Å²) < 4.78 is 16.9. The highest BCUT2D eigenvalue weighted by atomic mass is 16.6. The van der Waals surface area contributed by atoms with E-state index in [0.717, 1.165) is 103 Å². The molecule has 0 aliphatic heterocycles. The van der Waals surface area contributed by atoms with Gasteiger partial charge in [0.2, 0.25) is 0 Å². The number of esters is 3. The molecule has 6 heteroatoms. The molecular weight excluding hydrogens is 997 g/mol. The Morgan fingerprint density at radius 1 is 0.259 bits per heavy atom. The predicted octanol–water partition coefficient (Wildman–Crippen LogP) is 24.0. The summed E-state index contributed by atoms with van der Waals surface area (Å²) in [7, 11) is 0. The minimum absolute atomic E-state index is 0.0747. The predicted molar refractivity (Wildman–Crippen MR) is 353 cm³/mol. The average Bonchev–Trinajstić information content (AvgIpc) is 3.46. The normalized spacial score (nSPS) is 12.7. The number of carbonyl (C=O) groups is 3. The quantitative estimate of drug-likeness (QED) is 0.0261.